The van der Waals surface area contributed by atoms with E-state index in [1.807, 2.05) is 0 Å². The fourth-order valence-electron chi connectivity index (χ4n) is 1.51. The van der Waals surface area contributed by atoms with Crippen molar-refractivity contribution in [1.29, 1.82) is 0 Å². The topological polar surface area (TPSA) is 20.3 Å². The number of carbonyl (C=O) groups excluding carboxylic acids is 1. The van der Waals surface area contributed by atoms with Crippen LogP contribution in [0.25, 0.3) is 0 Å². The van der Waals surface area contributed by atoms with Crippen LogP contribution >= 0.6 is 27.5 Å². The van der Waals surface area contributed by atoms with Gasteiger partial charge < -0.3 is 4.90 Å². The Balaban J connectivity index is 2.98. The molecule has 0 atom stereocenters. The SMILES string of the molecule is CCN(CCCBr)C(=O)c1cc(F)c(Cl)cc1F. The second kappa shape index (κ2) is 7.04. The van der Waals surface area contributed by atoms with Gasteiger partial charge in [-0.15, -0.1) is 0 Å². The predicted octanol–water partition coefficient (Wildman–Crippen LogP) is 3.87. The molecule has 0 saturated heterocycles. The summed E-state index contributed by atoms with van der Waals surface area (Å²) in [4.78, 5) is 13.5. The van der Waals surface area contributed by atoms with Gasteiger partial charge in [-0.2, -0.15) is 0 Å². The number of hydrogen-bond acceptors (Lipinski definition) is 1. The van der Waals surface area contributed by atoms with Crippen molar-refractivity contribution in [1.82, 2.24) is 4.90 Å². The van der Waals surface area contributed by atoms with E-state index in [9.17, 15) is 13.6 Å². The Morgan fingerprint density at radius 1 is 1.39 bits per heavy atom. The van der Waals surface area contributed by atoms with Gasteiger partial charge in [0, 0.05) is 18.4 Å². The van der Waals surface area contributed by atoms with E-state index in [2.05, 4.69) is 15.9 Å². The molecular weight excluding hydrogens is 327 g/mol. The molecule has 1 amide bonds. The van der Waals surface area contributed by atoms with Crippen LogP contribution < -0.4 is 0 Å². The Bertz CT molecular complexity index is 442. The number of rotatable bonds is 5. The first-order chi connectivity index (χ1) is 8.51. The van der Waals surface area contributed by atoms with Crippen LogP contribution in [0.5, 0.6) is 0 Å². The van der Waals surface area contributed by atoms with Crippen LogP contribution in [-0.2, 0) is 0 Å². The molecule has 0 N–H and O–H groups in total. The summed E-state index contributed by atoms with van der Waals surface area (Å²) in [5.41, 5.74) is -0.284. The molecule has 100 valence electrons. The van der Waals surface area contributed by atoms with Crippen molar-refractivity contribution >= 4 is 33.4 Å². The van der Waals surface area contributed by atoms with Crippen LogP contribution in [0.1, 0.15) is 23.7 Å². The van der Waals surface area contributed by atoms with Crippen LogP contribution in [-0.4, -0.2) is 29.2 Å². The average molecular weight is 341 g/mol. The van der Waals surface area contributed by atoms with Gasteiger partial charge in [-0.1, -0.05) is 27.5 Å². The van der Waals surface area contributed by atoms with Crippen molar-refractivity contribution in [3.63, 3.8) is 0 Å². The lowest BCUT2D eigenvalue weighted by molar-refractivity contribution is 0.0760. The number of benzene rings is 1. The number of nitrogens with zero attached hydrogens (tertiary/aromatic N) is 1. The first-order valence-electron chi connectivity index (χ1n) is 5.51. The van der Waals surface area contributed by atoms with Crippen LogP contribution in [0.4, 0.5) is 8.78 Å². The molecule has 6 heteroatoms. The zero-order chi connectivity index (χ0) is 13.7. The number of halogens is 4. The summed E-state index contributed by atoms with van der Waals surface area (Å²) in [5, 5.41) is 0.418. The minimum Gasteiger partial charge on any atom is -0.339 e. The Kier molecular flexibility index (Phi) is 6.02. The summed E-state index contributed by atoms with van der Waals surface area (Å²) in [6.07, 6.45) is 0.747. The Labute approximate surface area is 118 Å². The van der Waals surface area contributed by atoms with Gasteiger partial charge in [0.05, 0.1) is 10.6 Å². The van der Waals surface area contributed by atoms with Gasteiger partial charge in [0.1, 0.15) is 11.6 Å². The highest BCUT2D eigenvalue weighted by Crippen LogP contribution is 2.20. The minimum atomic E-state index is -0.802. The molecule has 18 heavy (non-hydrogen) atoms. The Hall–Kier alpha value is -0.680. The molecule has 0 aliphatic carbocycles. The summed E-state index contributed by atoms with van der Waals surface area (Å²) in [6, 6.07) is 1.67. The molecular formula is C12H13BrClF2NO. The van der Waals surface area contributed by atoms with Crippen molar-refractivity contribution < 1.29 is 13.6 Å². The lowest BCUT2D eigenvalue weighted by Crippen LogP contribution is -2.32. The van der Waals surface area contributed by atoms with Crippen molar-refractivity contribution in [3.8, 4) is 0 Å². The molecule has 0 aromatic heterocycles. The largest absolute Gasteiger partial charge is 0.339 e. The number of amides is 1. The molecule has 0 radical (unpaired) electrons. The van der Waals surface area contributed by atoms with E-state index < -0.39 is 17.5 Å². The van der Waals surface area contributed by atoms with E-state index in [1.54, 1.807) is 6.92 Å². The van der Waals surface area contributed by atoms with Gasteiger partial charge >= 0.3 is 0 Å². The average Bonchev–Trinajstić information content (AvgIpc) is 2.34. The zero-order valence-electron chi connectivity index (χ0n) is 9.85. The molecule has 0 aliphatic rings. The second-order valence-corrected chi connectivity index (χ2v) is 4.87. The first kappa shape index (κ1) is 15.4. The van der Waals surface area contributed by atoms with Crippen LogP contribution in [0.15, 0.2) is 12.1 Å². The number of hydrogen-bond donors (Lipinski definition) is 0. The first-order valence-corrected chi connectivity index (χ1v) is 7.01. The number of alkyl halides is 1. The molecule has 1 rings (SSSR count). The van der Waals surface area contributed by atoms with E-state index in [0.29, 0.717) is 13.1 Å². The molecule has 0 aliphatic heterocycles. The molecule has 0 heterocycles. The molecule has 1 aromatic carbocycles. The standard InChI is InChI=1S/C12H13BrClF2NO/c1-2-17(5-3-4-13)12(18)8-6-11(16)9(14)7-10(8)15/h6-7H,2-5H2,1H3. The lowest BCUT2D eigenvalue weighted by Gasteiger charge is -2.20. The maximum Gasteiger partial charge on any atom is 0.256 e. The molecule has 0 bridgehead atoms. The van der Waals surface area contributed by atoms with E-state index in [-0.39, 0.29) is 10.6 Å². The van der Waals surface area contributed by atoms with Gasteiger partial charge in [-0.25, -0.2) is 8.78 Å². The summed E-state index contributed by atoms with van der Waals surface area (Å²) in [6.45, 7) is 2.72. The summed E-state index contributed by atoms with van der Waals surface area (Å²) in [5.74, 6) is -2.12. The molecule has 1 aromatic rings. The maximum atomic E-state index is 13.6. The van der Waals surface area contributed by atoms with E-state index in [4.69, 9.17) is 11.6 Å². The van der Waals surface area contributed by atoms with E-state index in [0.717, 1.165) is 23.9 Å². The highest BCUT2D eigenvalue weighted by atomic mass is 79.9. The van der Waals surface area contributed by atoms with Gasteiger partial charge in [0.15, 0.2) is 0 Å². The van der Waals surface area contributed by atoms with Gasteiger partial charge in [0.2, 0.25) is 0 Å². The van der Waals surface area contributed by atoms with Crippen molar-refractivity contribution in [3.05, 3.63) is 34.4 Å². The van der Waals surface area contributed by atoms with Crippen molar-refractivity contribution in [2.24, 2.45) is 0 Å². The normalized spacial score (nSPS) is 10.5. The lowest BCUT2D eigenvalue weighted by atomic mass is 10.1. The second-order valence-electron chi connectivity index (χ2n) is 3.67. The van der Waals surface area contributed by atoms with Gasteiger partial charge in [-0.05, 0) is 25.5 Å². The Morgan fingerprint density at radius 3 is 2.61 bits per heavy atom. The molecule has 0 spiro atoms. The highest BCUT2D eigenvalue weighted by molar-refractivity contribution is 9.09. The summed E-state index contributed by atoms with van der Waals surface area (Å²) >= 11 is 8.70. The molecule has 0 fully saturated rings. The summed E-state index contributed by atoms with van der Waals surface area (Å²) < 4.78 is 26.9. The van der Waals surface area contributed by atoms with E-state index in [1.165, 1.54) is 4.90 Å². The smallest absolute Gasteiger partial charge is 0.256 e. The molecule has 2 nitrogen and oxygen atoms in total. The van der Waals surface area contributed by atoms with E-state index >= 15 is 0 Å². The zero-order valence-corrected chi connectivity index (χ0v) is 12.2. The van der Waals surface area contributed by atoms with Crippen molar-refractivity contribution in [2.45, 2.75) is 13.3 Å². The fraction of sp³-hybridized carbons (Fsp3) is 0.417. The summed E-state index contributed by atoms with van der Waals surface area (Å²) in [7, 11) is 0. The maximum absolute atomic E-state index is 13.6. The third-order valence-corrected chi connectivity index (χ3v) is 3.32. The molecule has 0 saturated carbocycles. The predicted molar refractivity (Wildman–Crippen MR) is 71.4 cm³/mol. The third-order valence-electron chi connectivity index (χ3n) is 2.47. The monoisotopic (exact) mass is 339 g/mol. The molecule has 0 unspecified atom stereocenters. The number of carbonyl (C=O) groups is 1. The van der Waals surface area contributed by atoms with Crippen LogP contribution in [0.2, 0.25) is 5.02 Å². The van der Waals surface area contributed by atoms with Crippen LogP contribution in [0, 0.1) is 11.6 Å². The van der Waals surface area contributed by atoms with Crippen molar-refractivity contribution in [2.75, 3.05) is 18.4 Å². The van der Waals surface area contributed by atoms with Crippen LogP contribution in [0.3, 0.4) is 0 Å². The van der Waals surface area contributed by atoms with Gasteiger partial charge in [0.25, 0.3) is 5.91 Å². The highest BCUT2D eigenvalue weighted by Gasteiger charge is 2.19. The third kappa shape index (κ3) is 3.65. The minimum absolute atomic E-state index is 0.284. The van der Waals surface area contributed by atoms with Gasteiger partial charge in [-0.3, -0.25) is 4.79 Å². The Morgan fingerprint density at radius 2 is 2.06 bits per heavy atom. The quantitative estimate of drug-likeness (QED) is 0.589. The fourth-order valence-corrected chi connectivity index (χ4v) is 1.91.